The number of aliphatic hydroxyl groups excluding tert-OH is 1. The first-order chi connectivity index (χ1) is 14.2. The number of hydrogen-bond donors (Lipinski definition) is 3. The summed E-state index contributed by atoms with van der Waals surface area (Å²) in [5.41, 5.74) is 9.07. The maximum absolute atomic E-state index is 10.9. The third kappa shape index (κ3) is 6.56. The fourth-order valence-corrected chi connectivity index (χ4v) is 4.29. The molecule has 4 N–H and O–H groups in total. The molecule has 4 heteroatoms. The van der Waals surface area contributed by atoms with Crippen molar-refractivity contribution >= 4 is 5.69 Å². The van der Waals surface area contributed by atoms with Crippen LogP contribution in [0.1, 0.15) is 49.8 Å². The molecule has 0 aromatic heterocycles. The molecule has 1 aliphatic rings. The molecule has 0 unspecified atom stereocenters. The zero-order valence-electron chi connectivity index (χ0n) is 17.8. The smallest absolute Gasteiger partial charge is 0.0942 e. The molecule has 0 radical (unpaired) electrons. The Bertz CT molecular complexity index is 696. The Kier molecular flexibility index (Phi) is 8.53. The minimum absolute atomic E-state index is 0.135. The van der Waals surface area contributed by atoms with E-state index in [9.17, 15) is 5.11 Å². The number of piperidine rings is 1. The van der Waals surface area contributed by atoms with Gasteiger partial charge in [0.1, 0.15) is 0 Å². The molecule has 3 rings (SSSR count). The highest BCUT2D eigenvalue weighted by Gasteiger charge is 2.27. The molecule has 29 heavy (non-hydrogen) atoms. The summed E-state index contributed by atoms with van der Waals surface area (Å²) in [6, 6.07) is 19.2. The number of rotatable bonds is 10. The van der Waals surface area contributed by atoms with Crippen molar-refractivity contribution in [2.24, 2.45) is 11.7 Å². The number of likely N-dealkylation sites (tertiary alicyclic amines) is 1. The summed E-state index contributed by atoms with van der Waals surface area (Å²) in [5.74, 6) is 0.752. The zero-order chi connectivity index (χ0) is 20.5. The summed E-state index contributed by atoms with van der Waals surface area (Å²) < 4.78 is 0. The van der Waals surface area contributed by atoms with Gasteiger partial charge in [-0.2, -0.15) is 0 Å². The molecule has 0 spiro atoms. The van der Waals surface area contributed by atoms with Gasteiger partial charge in [0.2, 0.25) is 0 Å². The molecule has 2 aromatic carbocycles. The largest absolute Gasteiger partial charge is 0.387 e. The van der Waals surface area contributed by atoms with E-state index < -0.39 is 6.10 Å². The Morgan fingerprint density at radius 2 is 1.72 bits per heavy atom. The SMILES string of the molecule is C[C@H]([C@@H](O)c1ccc(NCCCCN)cc1)N1CCC(Cc2ccccc2)CC1. The third-order valence-corrected chi connectivity index (χ3v) is 6.26. The van der Waals surface area contributed by atoms with E-state index in [1.165, 1.54) is 24.8 Å². The van der Waals surface area contributed by atoms with Crippen molar-refractivity contribution in [2.45, 2.75) is 51.2 Å². The first-order valence-corrected chi connectivity index (χ1v) is 11.2. The van der Waals surface area contributed by atoms with E-state index in [0.717, 1.165) is 56.2 Å². The Labute approximate surface area is 176 Å². The van der Waals surface area contributed by atoms with Crippen LogP contribution in [0.5, 0.6) is 0 Å². The highest BCUT2D eigenvalue weighted by atomic mass is 16.3. The first-order valence-electron chi connectivity index (χ1n) is 11.2. The van der Waals surface area contributed by atoms with Crippen LogP contribution in [0.25, 0.3) is 0 Å². The van der Waals surface area contributed by atoms with Gasteiger partial charge in [-0.05, 0) is 87.8 Å². The third-order valence-electron chi connectivity index (χ3n) is 6.26. The lowest BCUT2D eigenvalue weighted by Gasteiger charge is -2.38. The van der Waals surface area contributed by atoms with E-state index >= 15 is 0 Å². The van der Waals surface area contributed by atoms with E-state index in [4.69, 9.17) is 5.73 Å². The average molecular weight is 396 g/mol. The van der Waals surface area contributed by atoms with Gasteiger partial charge in [0, 0.05) is 18.3 Å². The average Bonchev–Trinajstić information content (AvgIpc) is 2.77. The van der Waals surface area contributed by atoms with Crippen LogP contribution in [0.3, 0.4) is 0 Å². The minimum Gasteiger partial charge on any atom is -0.387 e. The van der Waals surface area contributed by atoms with Crippen LogP contribution in [0.15, 0.2) is 54.6 Å². The molecular weight excluding hydrogens is 358 g/mol. The number of nitrogens with one attached hydrogen (secondary N) is 1. The molecule has 0 bridgehead atoms. The van der Waals surface area contributed by atoms with Crippen LogP contribution in [0.4, 0.5) is 5.69 Å². The topological polar surface area (TPSA) is 61.5 Å². The summed E-state index contributed by atoms with van der Waals surface area (Å²) in [7, 11) is 0. The van der Waals surface area contributed by atoms with Crippen molar-refractivity contribution in [1.29, 1.82) is 0 Å². The number of unbranched alkanes of at least 4 members (excludes halogenated alkanes) is 1. The van der Waals surface area contributed by atoms with E-state index in [1.807, 2.05) is 0 Å². The molecule has 2 aromatic rings. The Balaban J connectivity index is 1.45. The molecule has 1 saturated heterocycles. The fourth-order valence-electron chi connectivity index (χ4n) is 4.29. The monoisotopic (exact) mass is 395 g/mol. The minimum atomic E-state index is -0.452. The van der Waals surface area contributed by atoms with E-state index in [2.05, 4.69) is 71.7 Å². The van der Waals surface area contributed by atoms with Gasteiger partial charge in [-0.1, -0.05) is 42.5 Å². The lowest BCUT2D eigenvalue weighted by atomic mass is 9.89. The fraction of sp³-hybridized carbons (Fsp3) is 0.520. The van der Waals surface area contributed by atoms with Gasteiger partial charge >= 0.3 is 0 Å². The van der Waals surface area contributed by atoms with Gasteiger partial charge in [-0.3, -0.25) is 4.90 Å². The quantitative estimate of drug-likeness (QED) is 0.527. The van der Waals surface area contributed by atoms with Crippen LogP contribution in [0.2, 0.25) is 0 Å². The summed E-state index contributed by atoms with van der Waals surface area (Å²) >= 11 is 0. The number of hydrogen-bond acceptors (Lipinski definition) is 4. The summed E-state index contributed by atoms with van der Waals surface area (Å²) in [5, 5.41) is 14.3. The molecule has 1 heterocycles. The summed E-state index contributed by atoms with van der Waals surface area (Å²) in [6.07, 6.45) is 5.26. The van der Waals surface area contributed by atoms with Crippen molar-refractivity contribution in [3.8, 4) is 0 Å². The van der Waals surface area contributed by atoms with E-state index in [0.29, 0.717) is 0 Å². The van der Waals surface area contributed by atoms with Crippen LogP contribution in [-0.2, 0) is 6.42 Å². The lowest BCUT2D eigenvalue weighted by Crippen LogP contribution is -2.43. The normalized spacial score (nSPS) is 17.8. The van der Waals surface area contributed by atoms with Crippen molar-refractivity contribution in [3.05, 3.63) is 65.7 Å². The lowest BCUT2D eigenvalue weighted by molar-refractivity contribution is 0.0373. The molecule has 2 atom stereocenters. The van der Waals surface area contributed by atoms with Gasteiger partial charge in [0.25, 0.3) is 0 Å². The molecule has 1 fully saturated rings. The molecule has 158 valence electrons. The second-order valence-corrected chi connectivity index (χ2v) is 8.40. The van der Waals surface area contributed by atoms with Crippen molar-refractivity contribution in [2.75, 3.05) is 31.5 Å². The zero-order valence-corrected chi connectivity index (χ0v) is 17.8. The summed E-state index contributed by atoms with van der Waals surface area (Å²) in [6.45, 7) is 5.97. The number of anilines is 1. The van der Waals surface area contributed by atoms with Gasteiger partial charge < -0.3 is 16.2 Å². The highest BCUT2D eigenvalue weighted by molar-refractivity contribution is 5.45. The van der Waals surface area contributed by atoms with Gasteiger partial charge in [0.15, 0.2) is 0 Å². The second kappa shape index (κ2) is 11.3. The number of nitrogens with zero attached hydrogens (tertiary/aromatic N) is 1. The van der Waals surface area contributed by atoms with Gasteiger partial charge in [0.05, 0.1) is 6.10 Å². The van der Waals surface area contributed by atoms with E-state index in [-0.39, 0.29) is 6.04 Å². The van der Waals surface area contributed by atoms with Crippen molar-refractivity contribution < 1.29 is 5.11 Å². The van der Waals surface area contributed by atoms with Crippen LogP contribution in [0, 0.1) is 5.92 Å². The van der Waals surface area contributed by atoms with E-state index in [1.54, 1.807) is 0 Å². The highest BCUT2D eigenvalue weighted by Crippen LogP contribution is 2.28. The Morgan fingerprint density at radius 1 is 1.03 bits per heavy atom. The Hall–Kier alpha value is -1.88. The Morgan fingerprint density at radius 3 is 2.38 bits per heavy atom. The second-order valence-electron chi connectivity index (χ2n) is 8.40. The van der Waals surface area contributed by atoms with Crippen molar-refractivity contribution in [3.63, 3.8) is 0 Å². The van der Waals surface area contributed by atoms with Crippen molar-refractivity contribution in [1.82, 2.24) is 4.90 Å². The van der Waals surface area contributed by atoms with Crippen LogP contribution in [-0.4, -0.2) is 42.2 Å². The summed E-state index contributed by atoms with van der Waals surface area (Å²) in [4.78, 5) is 2.45. The molecule has 4 nitrogen and oxygen atoms in total. The predicted molar refractivity (Wildman–Crippen MR) is 122 cm³/mol. The molecule has 1 aliphatic heterocycles. The number of benzene rings is 2. The maximum Gasteiger partial charge on any atom is 0.0942 e. The molecule has 0 saturated carbocycles. The van der Waals surface area contributed by atoms with Gasteiger partial charge in [-0.15, -0.1) is 0 Å². The molecule has 0 amide bonds. The maximum atomic E-state index is 10.9. The van der Waals surface area contributed by atoms with Crippen LogP contribution < -0.4 is 11.1 Å². The molecular formula is C25H37N3O. The standard InChI is InChI=1S/C25H37N3O/c1-20(25(29)23-9-11-24(12-10-23)27-16-6-5-15-26)28-17-13-22(14-18-28)19-21-7-3-2-4-8-21/h2-4,7-12,20,22,25,27,29H,5-6,13-19,26H2,1H3/t20-,25-/m1/s1. The first kappa shape index (κ1) is 21.8. The van der Waals surface area contributed by atoms with Gasteiger partial charge in [-0.25, -0.2) is 0 Å². The number of nitrogens with two attached hydrogens (primary N) is 1. The predicted octanol–water partition coefficient (Wildman–Crippen LogP) is 4.21. The number of aliphatic hydroxyl groups is 1. The van der Waals surface area contributed by atoms with Crippen LogP contribution >= 0.6 is 0 Å². The molecule has 0 aliphatic carbocycles.